The molecule has 2 atom stereocenters. The zero-order chi connectivity index (χ0) is 19.5. The Bertz CT molecular complexity index is 1040. The number of hydrogen-bond donors (Lipinski definition) is 2. The molecule has 0 spiro atoms. The van der Waals surface area contributed by atoms with Crippen molar-refractivity contribution in [1.29, 1.82) is 0 Å². The molecule has 2 unspecified atom stereocenters. The van der Waals surface area contributed by atoms with E-state index < -0.39 is 11.6 Å². The minimum atomic E-state index is -0.658. The van der Waals surface area contributed by atoms with Crippen molar-refractivity contribution in [3.63, 3.8) is 0 Å². The second-order valence-corrected chi connectivity index (χ2v) is 9.17. The predicted octanol–water partition coefficient (Wildman–Crippen LogP) is 4.46. The number of anilines is 1. The highest BCUT2D eigenvalue weighted by Crippen LogP contribution is 2.51. The van der Waals surface area contributed by atoms with E-state index in [1.165, 1.54) is 11.3 Å². The van der Waals surface area contributed by atoms with Gasteiger partial charge in [-0.2, -0.15) is 5.10 Å². The van der Waals surface area contributed by atoms with Crippen molar-refractivity contribution in [2.45, 2.75) is 31.4 Å². The third-order valence-corrected chi connectivity index (χ3v) is 7.33. The number of thiophene rings is 1. The highest BCUT2D eigenvalue weighted by Gasteiger charge is 2.50. The van der Waals surface area contributed by atoms with Gasteiger partial charge < -0.3 is 10.0 Å². The van der Waals surface area contributed by atoms with Crippen molar-refractivity contribution < 1.29 is 9.90 Å². The smallest absolute Gasteiger partial charge is 0.322 e. The molecule has 0 aliphatic carbocycles. The third kappa shape index (κ3) is 2.57. The van der Waals surface area contributed by atoms with E-state index in [4.69, 9.17) is 11.6 Å². The summed E-state index contributed by atoms with van der Waals surface area (Å²) in [7, 11) is 0. The Kier molecular flexibility index (Phi) is 4.15. The van der Waals surface area contributed by atoms with Gasteiger partial charge in [0.25, 0.3) is 0 Å². The fourth-order valence-electron chi connectivity index (χ4n) is 4.76. The second kappa shape index (κ2) is 6.47. The molecule has 4 heterocycles. The number of piperidine rings is 1. The van der Waals surface area contributed by atoms with E-state index >= 15 is 0 Å². The maximum Gasteiger partial charge on any atom is 0.322 e. The van der Waals surface area contributed by atoms with Crippen LogP contribution in [0.15, 0.2) is 35.8 Å². The number of carbonyl (C=O) groups is 1. The average molecular weight is 417 g/mol. The normalized spacial score (nSPS) is 24.8. The molecule has 1 saturated heterocycles. The summed E-state index contributed by atoms with van der Waals surface area (Å²) in [5.74, 6) is 0.211. The summed E-state index contributed by atoms with van der Waals surface area (Å²) in [5.41, 5.74) is 1.28. The molecule has 5 rings (SSSR count). The summed E-state index contributed by atoms with van der Waals surface area (Å²) in [6, 6.07) is 7.50. The fourth-order valence-corrected chi connectivity index (χ4v) is 5.61. The van der Waals surface area contributed by atoms with Crippen LogP contribution < -0.4 is 5.32 Å². The van der Waals surface area contributed by atoms with Gasteiger partial charge in [0.2, 0.25) is 0 Å². The maximum atomic E-state index is 12.5. The van der Waals surface area contributed by atoms with Crippen molar-refractivity contribution in [2.24, 2.45) is 5.92 Å². The van der Waals surface area contributed by atoms with Crippen LogP contribution in [0.2, 0.25) is 5.02 Å². The Morgan fingerprint density at radius 1 is 1.39 bits per heavy atom. The zero-order valence-corrected chi connectivity index (χ0v) is 17.0. The standard InChI is InChI=1S/C20H21ClN4O2S/c1-20(18(26)15-10-14(21)9-12-11-22-25(20)17(12)15)13-4-6-24(7-5-13)19(27)23-16-3-2-8-28-16/h2-3,8-11,13,18,26H,4-7H2,1H3,(H,23,27). The van der Waals surface area contributed by atoms with E-state index in [9.17, 15) is 9.90 Å². The van der Waals surface area contributed by atoms with E-state index in [2.05, 4.69) is 17.3 Å². The van der Waals surface area contributed by atoms with Crippen molar-refractivity contribution in [2.75, 3.05) is 18.4 Å². The molecule has 2 aliphatic heterocycles. The molecule has 6 nitrogen and oxygen atoms in total. The molecule has 1 fully saturated rings. The van der Waals surface area contributed by atoms with Gasteiger partial charge >= 0.3 is 6.03 Å². The van der Waals surface area contributed by atoms with Gasteiger partial charge in [0.1, 0.15) is 6.10 Å². The predicted molar refractivity (Wildman–Crippen MR) is 111 cm³/mol. The molecule has 2 aliphatic rings. The number of rotatable bonds is 2. The first kappa shape index (κ1) is 18.0. The quantitative estimate of drug-likeness (QED) is 0.648. The molecule has 2 N–H and O–H groups in total. The SMILES string of the molecule is CC1(C2CCN(C(=O)Nc3cccs3)CC2)C(O)c2cc(Cl)cc3cnn1c23. The van der Waals surface area contributed by atoms with Crippen LogP contribution in [0, 0.1) is 5.92 Å². The molecule has 28 heavy (non-hydrogen) atoms. The molecule has 2 aromatic heterocycles. The number of aromatic nitrogens is 2. The Morgan fingerprint density at radius 3 is 2.89 bits per heavy atom. The van der Waals surface area contributed by atoms with Gasteiger partial charge in [-0.25, -0.2) is 4.79 Å². The van der Waals surface area contributed by atoms with E-state index in [0.717, 1.165) is 34.3 Å². The van der Waals surface area contributed by atoms with Gasteiger partial charge in [0.05, 0.1) is 22.3 Å². The summed E-state index contributed by atoms with van der Waals surface area (Å²) >= 11 is 7.75. The molecule has 0 saturated carbocycles. The van der Waals surface area contributed by atoms with Crippen LogP contribution in [0.4, 0.5) is 9.80 Å². The molecule has 2 amide bonds. The lowest BCUT2D eigenvalue weighted by molar-refractivity contribution is -0.0111. The van der Waals surface area contributed by atoms with Crippen LogP contribution >= 0.6 is 22.9 Å². The summed E-state index contributed by atoms with van der Waals surface area (Å²) in [6.07, 6.45) is 2.79. The zero-order valence-electron chi connectivity index (χ0n) is 15.4. The van der Waals surface area contributed by atoms with E-state index in [0.29, 0.717) is 18.1 Å². The summed E-state index contributed by atoms with van der Waals surface area (Å²) < 4.78 is 1.98. The number of halogens is 1. The first-order valence-electron chi connectivity index (χ1n) is 9.43. The average Bonchev–Trinajstić information content (AvgIpc) is 3.40. The van der Waals surface area contributed by atoms with Crippen LogP contribution in [-0.4, -0.2) is 38.9 Å². The number of nitrogens with one attached hydrogen (secondary N) is 1. The summed E-state index contributed by atoms with van der Waals surface area (Å²) in [5, 5.41) is 23.1. The third-order valence-electron chi connectivity index (χ3n) is 6.32. The van der Waals surface area contributed by atoms with E-state index in [1.807, 2.05) is 45.4 Å². The topological polar surface area (TPSA) is 70.4 Å². The maximum absolute atomic E-state index is 12.5. The number of carbonyl (C=O) groups excluding carboxylic acids is 1. The Hall–Kier alpha value is -2.09. The summed E-state index contributed by atoms with van der Waals surface area (Å²) in [4.78, 5) is 14.4. The molecule has 3 aromatic rings. The minimum absolute atomic E-state index is 0.0606. The highest BCUT2D eigenvalue weighted by molar-refractivity contribution is 7.14. The number of nitrogens with zero attached hydrogens (tertiary/aromatic N) is 3. The lowest BCUT2D eigenvalue weighted by Gasteiger charge is -2.42. The molecule has 8 heteroatoms. The van der Waals surface area contributed by atoms with Crippen molar-refractivity contribution in [3.05, 3.63) is 46.4 Å². The molecule has 146 valence electrons. The van der Waals surface area contributed by atoms with Crippen LogP contribution in [0.1, 0.15) is 31.4 Å². The molecule has 0 bridgehead atoms. The van der Waals surface area contributed by atoms with Gasteiger partial charge in [-0.05, 0) is 55.3 Å². The van der Waals surface area contributed by atoms with Gasteiger partial charge in [-0.3, -0.25) is 10.00 Å². The number of aliphatic hydroxyl groups is 1. The Labute approximate surface area is 171 Å². The molecular weight excluding hydrogens is 396 g/mol. The van der Waals surface area contributed by atoms with Crippen LogP contribution in [0.3, 0.4) is 0 Å². The van der Waals surface area contributed by atoms with Crippen molar-refractivity contribution >= 4 is 44.9 Å². The molecular formula is C20H21ClN4O2S. The number of likely N-dealkylation sites (tertiary alicyclic amines) is 1. The van der Waals surface area contributed by atoms with E-state index in [1.54, 1.807) is 0 Å². The molecule has 0 radical (unpaired) electrons. The first-order chi connectivity index (χ1) is 13.5. The number of urea groups is 1. The summed E-state index contributed by atoms with van der Waals surface area (Å²) in [6.45, 7) is 3.39. The number of hydrogen-bond acceptors (Lipinski definition) is 4. The van der Waals surface area contributed by atoms with Crippen LogP contribution in [-0.2, 0) is 5.54 Å². The van der Waals surface area contributed by atoms with Gasteiger partial charge in [0, 0.05) is 29.1 Å². The number of amides is 2. The van der Waals surface area contributed by atoms with E-state index in [-0.39, 0.29) is 11.9 Å². The fraction of sp³-hybridized carbons (Fsp3) is 0.400. The Balaban J connectivity index is 1.36. The molecule has 1 aromatic carbocycles. The van der Waals surface area contributed by atoms with Crippen molar-refractivity contribution in [1.82, 2.24) is 14.7 Å². The second-order valence-electron chi connectivity index (χ2n) is 7.79. The first-order valence-corrected chi connectivity index (χ1v) is 10.7. The monoisotopic (exact) mass is 416 g/mol. The highest BCUT2D eigenvalue weighted by atomic mass is 35.5. The van der Waals surface area contributed by atoms with Gasteiger partial charge in [0.15, 0.2) is 0 Å². The number of aliphatic hydroxyl groups excluding tert-OH is 1. The minimum Gasteiger partial charge on any atom is -0.386 e. The lowest BCUT2D eigenvalue weighted by atomic mass is 9.75. The van der Waals surface area contributed by atoms with Crippen molar-refractivity contribution in [3.8, 4) is 0 Å². The van der Waals surface area contributed by atoms with Crippen LogP contribution in [0.25, 0.3) is 10.9 Å². The number of benzene rings is 1. The van der Waals surface area contributed by atoms with Gasteiger partial charge in [-0.1, -0.05) is 11.6 Å². The largest absolute Gasteiger partial charge is 0.386 e. The Morgan fingerprint density at radius 2 is 2.18 bits per heavy atom. The lowest BCUT2D eigenvalue weighted by Crippen LogP contribution is -2.49. The van der Waals surface area contributed by atoms with Gasteiger partial charge in [-0.15, -0.1) is 11.3 Å². The van der Waals surface area contributed by atoms with Crippen LogP contribution in [0.5, 0.6) is 0 Å².